The van der Waals surface area contributed by atoms with E-state index in [1.54, 1.807) is 36.4 Å². The first kappa shape index (κ1) is 21.8. The Kier molecular flexibility index (Phi) is 9.43. The molecule has 0 aliphatic carbocycles. The fraction of sp³-hybridized carbons (Fsp3) is 0.417. The monoisotopic (exact) mass is 384 g/mol. The van der Waals surface area contributed by atoms with Crippen molar-refractivity contribution in [2.24, 2.45) is 0 Å². The molecule has 2 aromatic rings. The zero-order valence-electron chi connectivity index (χ0n) is 16.5. The Morgan fingerprint density at radius 1 is 0.607 bits per heavy atom. The lowest BCUT2D eigenvalue weighted by atomic mass is 10.0. The molecule has 4 heteroatoms. The van der Waals surface area contributed by atoms with Crippen molar-refractivity contribution in [2.45, 2.75) is 57.8 Å². The summed E-state index contributed by atoms with van der Waals surface area (Å²) in [5, 5.41) is 38.6. The summed E-state index contributed by atoms with van der Waals surface area (Å²) >= 11 is 0. The Balaban J connectivity index is 1.79. The van der Waals surface area contributed by atoms with Gasteiger partial charge >= 0.3 is 0 Å². The molecular formula is C24H32O4. The van der Waals surface area contributed by atoms with Crippen LogP contribution in [0.2, 0.25) is 0 Å². The van der Waals surface area contributed by atoms with Gasteiger partial charge in [0.2, 0.25) is 0 Å². The number of unbranched alkanes of at least 4 members (excludes halogenated alkanes) is 7. The summed E-state index contributed by atoms with van der Waals surface area (Å²) in [7, 11) is 0. The second-order valence-corrected chi connectivity index (χ2v) is 7.26. The number of benzene rings is 2. The molecule has 0 aliphatic heterocycles. The van der Waals surface area contributed by atoms with Gasteiger partial charge in [-0.1, -0.05) is 62.8 Å². The van der Waals surface area contributed by atoms with Gasteiger partial charge in [-0.15, -0.1) is 0 Å². The highest BCUT2D eigenvalue weighted by molar-refractivity contribution is 5.71. The minimum Gasteiger partial charge on any atom is -0.508 e. The van der Waals surface area contributed by atoms with E-state index in [0.717, 1.165) is 43.2 Å². The Hall–Kier alpha value is -2.46. The lowest BCUT2D eigenvalue weighted by Gasteiger charge is -2.09. The maximum atomic E-state index is 10.3. The molecule has 0 bridgehead atoms. The quantitative estimate of drug-likeness (QED) is 0.282. The fourth-order valence-corrected chi connectivity index (χ4v) is 3.27. The van der Waals surface area contributed by atoms with Gasteiger partial charge < -0.3 is 20.4 Å². The third-order valence-corrected chi connectivity index (χ3v) is 4.92. The number of rotatable bonds is 12. The van der Waals surface area contributed by atoms with E-state index in [2.05, 4.69) is 0 Å². The molecule has 2 aromatic carbocycles. The van der Waals surface area contributed by atoms with Crippen molar-refractivity contribution in [1.82, 2.24) is 0 Å². The van der Waals surface area contributed by atoms with Crippen molar-refractivity contribution < 1.29 is 20.4 Å². The van der Waals surface area contributed by atoms with Gasteiger partial charge in [0.05, 0.1) is 0 Å². The molecular weight excluding hydrogens is 352 g/mol. The third-order valence-electron chi connectivity index (χ3n) is 4.92. The molecule has 0 spiro atoms. The van der Waals surface area contributed by atoms with Gasteiger partial charge in [0.25, 0.3) is 0 Å². The molecule has 0 aromatic heterocycles. The van der Waals surface area contributed by atoms with Gasteiger partial charge in [-0.05, 0) is 54.7 Å². The highest BCUT2D eigenvalue weighted by Gasteiger charge is 2.09. The van der Waals surface area contributed by atoms with E-state index in [1.807, 2.05) is 12.2 Å². The second kappa shape index (κ2) is 12.1. The number of hydrogen-bond donors (Lipinski definition) is 4. The van der Waals surface area contributed by atoms with Crippen LogP contribution in [-0.2, 0) is 6.42 Å². The number of aliphatic hydroxyl groups is 1. The van der Waals surface area contributed by atoms with Gasteiger partial charge in [0.15, 0.2) is 0 Å². The zero-order valence-corrected chi connectivity index (χ0v) is 16.5. The van der Waals surface area contributed by atoms with Crippen LogP contribution in [0, 0.1) is 0 Å². The number of phenols is 3. The molecule has 0 heterocycles. The number of aromatic hydroxyl groups is 3. The second-order valence-electron chi connectivity index (χ2n) is 7.26. The molecule has 0 saturated heterocycles. The number of phenolic OH excluding ortho intramolecular Hbond substituents is 3. The Morgan fingerprint density at radius 2 is 1.11 bits per heavy atom. The van der Waals surface area contributed by atoms with E-state index in [1.165, 1.54) is 19.3 Å². The van der Waals surface area contributed by atoms with E-state index >= 15 is 0 Å². The average molecular weight is 385 g/mol. The first-order valence-electron chi connectivity index (χ1n) is 10.2. The van der Waals surface area contributed by atoms with Crippen molar-refractivity contribution in [3.63, 3.8) is 0 Å². The van der Waals surface area contributed by atoms with Crippen molar-refractivity contribution in [1.29, 1.82) is 0 Å². The summed E-state index contributed by atoms with van der Waals surface area (Å²) in [4.78, 5) is 0. The van der Waals surface area contributed by atoms with Crippen LogP contribution in [0.5, 0.6) is 17.2 Å². The topological polar surface area (TPSA) is 80.9 Å². The van der Waals surface area contributed by atoms with Crippen LogP contribution in [0.1, 0.15) is 68.1 Å². The molecule has 2 rings (SSSR count). The smallest absolute Gasteiger partial charge is 0.123 e. The summed E-state index contributed by atoms with van der Waals surface area (Å²) in [6.07, 6.45) is 13.1. The fourth-order valence-electron chi connectivity index (χ4n) is 3.27. The van der Waals surface area contributed by atoms with Gasteiger partial charge in [-0.2, -0.15) is 0 Å². The molecule has 0 aliphatic rings. The summed E-state index contributed by atoms with van der Waals surface area (Å²) < 4.78 is 0. The molecule has 0 radical (unpaired) electrons. The Labute approximate surface area is 167 Å². The minimum atomic E-state index is 0.134. The van der Waals surface area contributed by atoms with Crippen LogP contribution >= 0.6 is 0 Å². The van der Waals surface area contributed by atoms with Gasteiger partial charge in [0.1, 0.15) is 17.2 Å². The standard InChI is InChI=1S/C24H32O4/c25-16-8-6-4-2-1-3-5-7-9-22-23(27)17-20(18-24(22)28)11-10-19-12-14-21(26)15-13-19/h10-15,17-18,25-28H,1-9,16H2/b11-10+. The van der Waals surface area contributed by atoms with E-state index in [-0.39, 0.29) is 17.2 Å². The number of hydrogen-bond acceptors (Lipinski definition) is 4. The lowest BCUT2D eigenvalue weighted by molar-refractivity contribution is 0.282. The molecule has 4 nitrogen and oxygen atoms in total. The Bertz CT molecular complexity index is 712. The van der Waals surface area contributed by atoms with Crippen molar-refractivity contribution in [3.8, 4) is 17.2 Å². The predicted molar refractivity (Wildman–Crippen MR) is 115 cm³/mol. The molecule has 0 atom stereocenters. The molecule has 152 valence electrons. The van der Waals surface area contributed by atoms with Crippen LogP contribution < -0.4 is 0 Å². The number of aliphatic hydroxyl groups excluding tert-OH is 1. The van der Waals surface area contributed by atoms with E-state index in [0.29, 0.717) is 18.6 Å². The molecule has 0 unspecified atom stereocenters. The van der Waals surface area contributed by atoms with Gasteiger partial charge in [-0.3, -0.25) is 0 Å². The summed E-state index contributed by atoms with van der Waals surface area (Å²) in [5.74, 6) is 0.488. The summed E-state index contributed by atoms with van der Waals surface area (Å²) in [5.41, 5.74) is 2.27. The largest absolute Gasteiger partial charge is 0.508 e. The van der Waals surface area contributed by atoms with Gasteiger partial charge in [-0.25, -0.2) is 0 Å². The van der Waals surface area contributed by atoms with Crippen LogP contribution in [0.15, 0.2) is 36.4 Å². The highest BCUT2D eigenvalue weighted by Crippen LogP contribution is 2.31. The van der Waals surface area contributed by atoms with E-state index < -0.39 is 0 Å². The van der Waals surface area contributed by atoms with E-state index in [4.69, 9.17) is 5.11 Å². The van der Waals surface area contributed by atoms with Crippen molar-refractivity contribution in [3.05, 3.63) is 53.1 Å². The van der Waals surface area contributed by atoms with Gasteiger partial charge in [0, 0.05) is 12.2 Å². The molecule has 0 fully saturated rings. The summed E-state index contributed by atoms with van der Waals surface area (Å²) in [6, 6.07) is 10.2. The molecule has 0 amide bonds. The molecule has 28 heavy (non-hydrogen) atoms. The van der Waals surface area contributed by atoms with Crippen LogP contribution in [0.4, 0.5) is 0 Å². The van der Waals surface area contributed by atoms with E-state index in [9.17, 15) is 15.3 Å². The Morgan fingerprint density at radius 3 is 1.68 bits per heavy atom. The predicted octanol–water partition coefficient (Wildman–Crippen LogP) is 5.63. The van der Waals surface area contributed by atoms with Crippen molar-refractivity contribution in [2.75, 3.05) is 6.61 Å². The maximum Gasteiger partial charge on any atom is 0.123 e. The summed E-state index contributed by atoms with van der Waals surface area (Å²) in [6.45, 7) is 0.290. The average Bonchev–Trinajstić information content (AvgIpc) is 2.68. The lowest BCUT2D eigenvalue weighted by Crippen LogP contribution is -1.90. The first-order valence-corrected chi connectivity index (χ1v) is 10.2. The van der Waals surface area contributed by atoms with Crippen LogP contribution in [-0.4, -0.2) is 27.0 Å². The van der Waals surface area contributed by atoms with Crippen LogP contribution in [0.25, 0.3) is 12.2 Å². The SMILES string of the molecule is OCCCCCCCCCCc1c(O)cc(/C=C/c2ccc(O)cc2)cc1O. The molecule has 0 saturated carbocycles. The third kappa shape index (κ3) is 7.65. The first-order chi connectivity index (χ1) is 13.6. The minimum absolute atomic E-state index is 0.134. The molecule has 4 N–H and O–H groups in total. The normalized spacial score (nSPS) is 11.3. The van der Waals surface area contributed by atoms with Crippen LogP contribution in [0.3, 0.4) is 0 Å². The zero-order chi connectivity index (χ0) is 20.2. The maximum absolute atomic E-state index is 10.3. The highest BCUT2D eigenvalue weighted by atomic mass is 16.3. The van der Waals surface area contributed by atoms with Crippen molar-refractivity contribution >= 4 is 12.2 Å².